The highest BCUT2D eigenvalue weighted by atomic mass is 79.9. The SMILES string of the molecule is Cc1cc(C)c(C(N)CSc2cccc(Br)c2)c(C)c1. The molecular weight excluding hydrogens is 330 g/mol. The van der Waals surface area contributed by atoms with E-state index in [0.717, 1.165) is 10.2 Å². The monoisotopic (exact) mass is 349 g/mol. The summed E-state index contributed by atoms with van der Waals surface area (Å²) in [6.07, 6.45) is 0. The minimum absolute atomic E-state index is 0.0691. The topological polar surface area (TPSA) is 26.0 Å². The fourth-order valence-electron chi connectivity index (χ4n) is 2.60. The number of nitrogens with two attached hydrogens (primary N) is 1. The molecule has 106 valence electrons. The molecule has 0 aliphatic carbocycles. The van der Waals surface area contributed by atoms with Crippen LogP contribution in [0.1, 0.15) is 28.3 Å². The average molecular weight is 350 g/mol. The van der Waals surface area contributed by atoms with Crippen molar-refractivity contribution in [1.82, 2.24) is 0 Å². The zero-order valence-corrected chi connectivity index (χ0v) is 14.5. The Kier molecular flexibility index (Phi) is 5.30. The zero-order valence-electron chi connectivity index (χ0n) is 12.1. The molecule has 0 amide bonds. The van der Waals surface area contributed by atoms with Crippen LogP contribution in [0.25, 0.3) is 0 Å². The van der Waals surface area contributed by atoms with Gasteiger partial charge < -0.3 is 5.73 Å². The molecule has 1 unspecified atom stereocenters. The molecule has 0 heterocycles. The van der Waals surface area contributed by atoms with Crippen LogP contribution in [0.2, 0.25) is 0 Å². The average Bonchev–Trinajstić information content (AvgIpc) is 2.35. The van der Waals surface area contributed by atoms with Crippen LogP contribution in [-0.2, 0) is 0 Å². The molecule has 3 heteroatoms. The van der Waals surface area contributed by atoms with Gasteiger partial charge >= 0.3 is 0 Å². The maximum Gasteiger partial charge on any atom is 0.0395 e. The molecule has 0 aliphatic rings. The van der Waals surface area contributed by atoms with E-state index >= 15 is 0 Å². The largest absolute Gasteiger partial charge is 0.323 e. The van der Waals surface area contributed by atoms with Crippen LogP contribution in [0.3, 0.4) is 0 Å². The smallest absolute Gasteiger partial charge is 0.0395 e. The Bertz CT molecular complexity index is 587. The number of hydrogen-bond donors (Lipinski definition) is 1. The summed E-state index contributed by atoms with van der Waals surface area (Å²) >= 11 is 5.30. The third-order valence-electron chi connectivity index (χ3n) is 3.33. The lowest BCUT2D eigenvalue weighted by Crippen LogP contribution is -2.16. The van der Waals surface area contributed by atoms with E-state index in [4.69, 9.17) is 5.73 Å². The molecule has 2 aromatic rings. The van der Waals surface area contributed by atoms with E-state index in [2.05, 4.69) is 67.0 Å². The number of thioether (sulfide) groups is 1. The van der Waals surface area contributed by atoms with Crippen LogP contribution in [-0.4, -0.2) is 5.75 Å². The lowest BCUT2D eigenvalue weighted by atomic mass is 9.95. The molecule has 20 heavy (non-hydrogen) atoms. The second-order valence-corrected chi connectivity index (χ2v) is 7.20. The summed E-state index contributed by atoms with van der Waals surface area (Å²) in [6, 6.07) is 12.8. The standard InChI is InChI=1S/C17H20BrNS/c1-11-7-12(2)17(13(3)8-11)16(19)10-20-15-6-4-5-14(18)9-15/h4-9,16H,10,19H2,1-3H3. The first-order valence-electron chi connectivity index (χ1n) is 6.69. The van der Waals surface area contributed by atoms with E-state index in [1.54, 1.807) is 11.8 Å². The molecule has 0 aromatic heterocycles. The molecule has 2 rings (SSSR count). The maximum absolute atomic E-state index is 6.40. The predicted molar refractivity (Wildman–Crippen MR) is 92.4 cm³/mol. The van der Waals surface area contributed by atoms with E-state index in [1.807, 2.05) is 6.07 Å². The highest BCUT2D eigenvalue weighted by Gasteiger charge is 2.13. The number of rotatable bonds is 4. The van der Waals surface area contributed by atoms with Gasteiger partial charge in [0.15, 0.2) is 0 Å². The fourth-order valence-corrected chi connectivity index (χ4v) is 4.08. The van der Waals surface area contributed by atoms with E-state index < -0.39 is 0 Å². The summed E-state index contributed by atoms with van der Waals surface area (Å²) in [6.45, 7) is 6.43. The second kappa shape index (κ2) is 6.79. The first kappa shape index (κ1) is 15.6. The van der Waals surface area contributed by atoms with Gasteiger partial charge in [0.1, 0.15) is 0 Å². The van der Waals surface area contributed by atoms with Gasteiger partial charge in [0.25, 0.3) is 0 Å². The summed E-state index contributed by atoms with van der Waals surface area (Å²) in [4.78, 5) is 1.25. The number of aryl methyl sites for hydroxylation is 3. The Morgan fingerprint density at radius 1 is 1.10 bits per heavy atom. The van der Waals surface area contributed by atoms with Gasteiger partial charge in [-0.3, -0.25) is 0 Å². The van der Waals surface area contributed by atoms with Crippen LogP contribution >= 0.6 is 27.7 Å². The van der Waals surface area contributed by atoms with Crippen molar-refractivity contribution in [2.24, 2.45) is 5.73 Å². The number of benzene rings is 2. The molecular formula is C17H20BrNS. The molecule has 0 saturated heterocycles. The predicted octanol–water partition coefficient (Wildman–Crippen LogP) is 5.17. The summed E-state index contributed by atoms with van der Waals surface area (Å²) in [5.74, 6) is 0.890. The number of halogens is 1. The first-order chi connectivity index (χ1) is 9.47. The molecule has 2 N–H and O–H groups in total. The Hall–Kier alpha value is -0.770. The van der Waals surface area contributed by atoms with E-state index in [-0.39, 0.29) is 6.04 Å². The quantitative estimate of drug-likeness (QED) is 0.770. The van der Waals surface area contributed by atoms with E-state index in [1.165, 1.54) is 27.1 Å². The number of hydrogen-bond acceptors (Lipinski definition) is 2. The van der Waals surface area contributed by atoms with Gasteiger partial charge in [0.05, 0.1) is 0 Å². The highest BCUT2D eigenvalue weighted by Crippen LogP contribution is 2.29. The van der Waals surface area contributed by atoms with Crippen molar-refractivity contribution in [2.45, 2.75) is 31.7 Å². The minimum atomic E-state index is 0.0691. The van der Waals surface area contributed by atoms with Crippen LogP contribution in [0.15, 0.2) is 45.8 Å². The molecule has 0 bridgehead atoms. The lowest BCUT2D eigenvalue weighted by molar-refractivity contribution is 0.813. The molecule has 2 aromatic carbocycles. The molecule has 0 radical (unpaired) electrons. The van der Waals surface area contributed by atoms with Crippen LogP contribution in [0.5, 0.6) is 0 Å². The van der Waals surface area contributed by atoms with Crippen LogP contribution < -0.4 is 5.73 Å². The fraction of sp³-hybridized carbons (Fsp3) is 0.294. The molecule has 0 spiro atoms. The van der Waals surface area contributed by atoms with Crippen molar-refractivity contribution in [3.63, 3.8) is 0 Å². The van der Waals surface area contributed by atoms with Gasteiger partial charge in [-0.15, -0.1) is 11.8 Å². The zero-order chi connectivity index (χ0) is 14.7. The third-order valence-corrected chi connectivity index (χ3v) is 4.94. The Morgan fingerprint density at radius 2 is 1.75 bits per heavy atom. The Labute approximate surface area is 134 Å². The normalized spacial score (nSPS) is 12.4. The summed E-state index contributed by atoms with van der Waals surface area (Å²) in [7, 11) is 0. The molecule has 0 saturated carbocycles. The van der Waals surface area contributed by atoms with Gasteiger partial charge in [-0.2, -0.15) is 0 Å². The highest BCUT2D eigenvalue weighted by molar-refractivity contribution is 9.10. The van der Waals surface area contributed by atoms with E-state index in [9.17, 15) is 0 Å². The van der Waals surface area contributed by atoms with Crippen molar-refractivity contribution in [2.75, 3.05) is 5.75 Å². The van der Waals surface area contributed by atoms with Gasteiger partial charge in [-0.1, -0.05) is 39.7 Å². The van der Waals surface area contributed by atoms with Crippen LogP contribution in [0, 0.1) is 20.8 Å². The first-order valence-corrected chi connectivity index (χ1v) is 8.47. The molecule has 0 fully saturated rings. The minimum Gasteiger partial charge on any atom is -0.323 e. The van der Waals surface area contributed by atoms with Crippen molar-refractivity contribution < 1.29 is 0 Å². The van der Waals surface area contributed by atoms with Gasteiger partial charge in [-0.25, -0.2) is 0 Å². The van der Waals surface area contributed by atoms with Gasteiger partial charge in [-0.05, 0) is 55.7 Å². The Morgan fingerprint density at radius 3 is 2.35 bits per heavy atom. The Balaban J connectivity index is 2.11. The van der Waals surface area contributed by atoms with Gasteiger partial charge in [0, 0.05) is 21.2 Å². The summed E-state index contributed by atoms with van der Waals surface area (Å²) < 4.78 is 1.11. The lowest BCUT2D eigenvalue weighted by Gasteiger charge is -2.18. The molecule has 1 nitrogen and oxygen atoms in total. The third kappa shape index (κ3) is 3.87. The summed E-state index contributed by atoms with van der Waals surface area (Å²) in [5.41, 5.74) is 11.6. The van der Waals surface area contributed by atoms with Crippen LogP contribution in [0.4, 0.5) is 0 Å². The maximum atomic E-state index is 6.40. The van der Waals surface area contributed by atoms with E-state index in [0.29, 0.717) is 0 Å². The van der Waals surface area contributed by atoms with Crippen molar-refractivity contribution >= 4 is 27.7 Å². The van der Waals surface area contributed by atoms with Crippen molar-refractivity contribution in [1.29, 1.82) is 0 Å². The summed E-state index contributed by atoms with van der Waals surface area (Å²) in [5, 5.41) is 0. The van der Waals surface area contributed by atoms with Crippen molar-refractivity contribution in [3.05, 3.63) is 63.1 Å². The second-order valence-electron chi connectivity index (χ2n) is 5.19. The molecule has 1 atom stereocenters. The van der Waals surface area contributed by atoms with Gasteiger partial charge in [0.2, 0.25) is 0 Å². The molecule has 0 aliphatic heterocycles. The van der Waals surface area contributed by atoms with Crippen molar-refractivity contribution in [3.8, 4) is 0 Å².